The SMILES string of the molecule is CCSSC(N)CN. The van der Waals surface area contributed by atoms with Crippen molar-refractivity contribution in [2.45, 2.75) is 12.3 Å². The molecule has 0 aromatic rings. The normalized spacial score (nSPS) is 13.9. The predicted molar refractivity (Wildman–Crippen MR) is 42.8 cm³/mol. The molecule has 8 heavy (non-hydrogen) atoms. The number of nitrogens with two attached hydrogens (primary N) is 2. The summed E-state index contributed by atoms with van der Waals surface area (Å²) in [4.78, 5) is 0. The Morgan fingerprint density at radius 3 is 2.62 bits per heavy atom. The van der Waals surface area contributed by atoms with Crippen molar-refractivity contribution in [3.05, 3.63) is 0 Å². The molecule has 0 saturated carbocycles. The van der Waals surface area contributed by atoms with E-state index < -0.39 is 0 Å². The molecule has 0 fully saturated rings. The van der Waals surface area contributed by atoms with Crippen LogP contribution in [0.4, 0.5) is 0 Å². The minimum absolute atomic E-state index is 0.111. The van der Waals surface area contributed by atoms with E-state index in [1.165, 1.54) is 0 Å². The predicted octanol–water partition coefficient (Wildman–Crippen LogP) is 0.631. The minimum atomic E-state index is 0.111. The van der Waals surface area contributed by atoms with E-state index in [4.69, 9.17) is 11.5 Å². The first kappa shape index (κ1) is 8.62. The fourth-order valence-electron chi connectivity index (χ4n) is 0.195. The molecule has 0 aromatic heterocycles. The lowest BCUT2D eigenvalue weighted by Gasteiger charge is -2.03. The molecule has 0 amide bonds. The van der Waals surface area contributed by atoms with Crippen molar-refractivity contribution in [2.75, 3.05) is 12.3 Å². The van der Waals surface area contributed by atoms with Crippen LogP contribution in [0.2, 0.25) is 0 Å². The van der Waals surface area contributed by atoms with Gasteiger partial charge in [0.1, 0.15) is 0 Å². The second kappa shape index (κ2) is 5.75. The summed E-state index contributed by atoms with van der Waals surface area (Å²) in [6, 6.07) is 0. The van der Waals surface area contributed by atoms with E-state index in [2.05, 4.69) is 6.92 Å². The molecular weight excluding hydrogens is 140 g/mol. The standard InChI is InChI=1S/C4H12N2S2/c1-2-7-8-4(6)3-5/h4H,2-3,5-6H2,1H3. The summed E-state index contributed by atoms with van der Waals surface area (Å²) in [5.74, 6) is 1.10. The molecule has 0 aliphatic rings. The fourth-order valence-corrected chi connectivity index (χ4v) is 1.75. The first-order valence-electron chi connectivity index (χ1n) is 2.55. The molecule has 0 radical (unpaired) electrons. The highest BCUT2D eigenvalue weighted by atomic mass is 33.1. The molecular formula is C4H12N2S2. The molecule has 1 unspecified atom stereocenters. The summed E-state index contributed by atoms with van der Waals surface area (Å²) >= 11 is 0. The molecule has 1 atom stereocenters. The summed E-state index contributed by atoms with van der Waals surface area (Å²) in [7, 11) is 3.40. The third-order valence-corrected chi connectivity index (χ3v) is 3.21. The first-order chi connectivity index (χ1) is 3.81. The van der Waals surface area contributed by atoms with Crippen LogP contribution >= 0.6 is 21.6 Å². The molecule has 50 valence electrons. The van der Waals surface area contributed by atoms with Crippen LogP contribution in [0.25, 0.3) is 0 Å². The highest BCUT2D eigenvalue weighted by Crippen LogP contribution is 2.22. The zero-order chi connectivity index (χ0) is 6.41. The highest BCUT2D eigenvalue weighted by molar-refractivity contribution is 8.76. The van der Waals surface area contributed by atoms with Crippen molar-refractivity contribution in [1.82, 2.24) is 0 Å². The van der Waals surface area contributed by atoms with Crippen molar-refractivity contribution in [3.63, 3.8) is 0 Å². The van der Waals surface area contributed by atoms with Gasteiger partial charge in [-0.1, -0.05) is 28.5 Å². The van der Waals surface area contributed by atoms with Crippen molar-refractivity contribution in [3.8, 4) is 0 Å². The number of hydrogen-bond acceptors (Lipinski definition) is 4. The van der Waals surface area contributed by atoms with Crippen molar-refractivity contribution < 1.29 is 0 Å². The van der Waals surface area contributed by atoms with E-state index in [1.54, 1.807) is 21.6 Å². The largest absolute Gasteiger partial charge is 0.328 e. The molecule has 0 aromatic carbocycles. The van der Waals surface area contributed by atoms with Crippen LogP contribution in [0.15, 0.2) is 0 Å². The first-order valence-corrected chi connectivity index (χ1v) is 4.93. The molecule has 0 bridgehead atoms. The third kappa shape index (κ3) is 4.77. The van der Waals surface area contributed by atoms with Gasteiger partial charge in [0.25, 0.3) is 0 Å². The Kier molecular flexibility index (Phi) is 6.20. The Bertz CT molecular complexity index is 51.3. The van der Waals surface area contributed by atoms with E-state index in [1.807, 2.05) is 0 Å². The molecule has 0 aliphatic heterocycles. The maximum atomic E-state index is 5.48. The summed E-state index contributed by atoms with van der Waals surface area (Å²) in [6.07, 6.45) is 0. The lowest BCUT2D eigenvalue weighted by Crippen LogP contribution is -2.24. The zero-order valence-corrected chi connectivity index (χ0v) is 6.60. The molecule has 4 heteroatoms. The van der Waals surface area contributed by atoms with Crippen LogP contribution in [0, 0.1) is 0 Å². The fraction of sp³-hybridized carbons (Fsp3) is 1.00. The van der Waals surface area contributed by atoms with E-state index >= 15 is 0 Å². The van der Waals surface area contributed by atoms with E-state index in [9.17, 15) is 0 Å². The van der Waals surface area contributed by atoms with Gasteiger partial charge in [-0.25, -0.2) is 0 Å². The van der Waals surface area contributed by atoms with E-state index in [0.29, 0.717) is 6.54 Å². The van der Waals surface area contributed by atoms with Gasteiger partial charge < -0.3 is 11.5 Å². The van der Waals surface area contributed by atoms with Crippen LogP contribution in [0.1, 0.15) is 6.92 Å². The van der Waals surface area contributed by atoms with E-state index in [0.717, 1.165) is 5.75 Å². The Labute approximate surface area is 58.2 Å². The Morgan fingerprint density at radius 1 is 1.62 bits per heavy atom. The van der Waals surface area contributed by atoms with Crippen LogP contribution < -0.4 is 11.5 Å². The summed E-state index contributed by atoms with van der Waals surface area (Å²) < 4.78 is 0. The van der Waals surface area contributed by atoms with Gasteiger partial charge in [0.15, 0.2) is 0 Å². The maximum Gasteiger partial charge on any atom is 0.0736 e. The molecule has 0 spiro atoms. The topological polar surface area (TPSA) is 52.0 Å². The van der Waals surface area contributed by atoms with Crippen molar-refractivity contribution >= 4 is 21.6 Å². The average molecular weight is 152 g/mol. The van der Waals surface area contributed by atoms with Gasteiger partial charge in [-0.15, -0.1) is 0 Å². The van der Waals surface area contributed by atoms with Crippen LogP contribution in [-0.2, 0) is 0 Å². The molecule has 0 saturated heterocycles. The molecule has 0 aliphatic carbocycles. The summed E-state index contributed by atoms with van der Waals surface area (Å²) in [6.45, 7) is 2.67. The lowest BCUT2D eigenvalue weighted by atomic mass is 10.7. The van der Waals surface area contributed by atoms with E-state index in [-0.39, 0.29) is 5.37 Å². The minimum Gasteiger partial charge on any atom is -0.328 e. The third-order valence-electron chi connectivity index (χ3n) is 0.542. The van der Waals surface area contributed by atoms with Crippen LogP contribution in [0.5, 0.6) is 0 Å². The maximum absolute atomic E-state index is 5.48. The van der Waals surface area contributed by atoms with Gasteiger partial charge in [-0.3, -0.25) is 0 Å². The van der Waals surface area contributed by atoms with Crippen LogP contribution in [-0.4, -0.2) is 17.7 Å². The second-order valence-corrected chi connectivity index (χ2v) is 4.17. The van der Waals surface area contributed by atoms with Gasteiger partial charge in [-0.2, -0.15) is 0 Å². The van der Waals surface area contributed by atoms with Gasteiger partial charge >= 0.3 is 0 Å². The molecule has 0 heterocycles. The Hall–Kier alpha value is 0.620. The smallest absolute Gasteiger partial charge is 0.0736 e. The Morgan fingerprint density at radius 2 is 2.25 bits per heavy atom. The monoisotopic (exact) mass is 152 g/mol. The lowest BCUT2D eigenvalue weighted by molar-refractivity contribution is 0.918. The number of rotatable bonds is 4. The average Bonchev–Trinajstić information content (AvgIpc) is 1.83. The van der Waals surface area contributed by atoms with Gasteiger partial charge in [-0.05, 0) is 0 Å². The molecule has 4 N–H and O–H groups in total. The van der Waals surface area contributed by atoms with Gasteiger partial charge in [0.05, 0.1) is 5.37 Å². The van der Waals surface area contributed by atoms with Crippen molar-refractivity contribution in [2.24, 2.45) is 11.5 Å². The zero-order valence-electron chi connectivity index (χ0n) is 4.96. The second-order valence-electron chi connectivity index (χ2n) is 1.28. The van der Waals surface area contributed by atoms with Crippen LogP contribution in [0.3, 0.4) is 0 Å². The number of hydrogen-bond donors (Lipinski definition) is 2. The van der Waals surface area contributed by atoms with Gasteiger partial charge in [0.2, 0.25) is 0 Å². The summed E-state index contributed by atoms with van der Waals surface area (Å²) in [5.41, 5.74) is 10.7. The Balaban J connectivity index is 2.86. The summed E-state index contributed by atoms with van der Waals surface area (Å²) in [5, 5.41) is 0.111. The quantitative estimate of drug-likeness (QED) is 0.458. The van der Waals surface area contributed by atoms with Crippen molar-refractivity contribution in [1.29, 1.82) is 0 Å². The van der Waals surface area contributed by atoms with Gasteiger partial charge in [0, 0.05) is 12.3 Å². The highest BCUT2D eigenvalue weighted by Gasteiger charge is 1.96. The molecule has 0 rings (SSSR count). The molecule has 2 nitrogen and oxygen atoms in total.